The summed E-state index contributed by atoms with van der Waals surface area (Å²) in [7, 11) is 1.71. The molecule has 6 heteroatoms. The SMILES string of the molecule is CN(CC1CCCO1)c1cccc(F)c1[N+](=O)[O-]. The maximum Gasteiger partial charge on any atom is 0.327 e. The molecule has 0 bridgehead atoms. The van der Waals surface area contributed by atoms with E-state index in [9.17, 15) is 14.5 Å². The van der Waals surface area contributed by atoms with E-state index in [4.69, 9.17) is 4.74 Å². The van der Waals surface area contributed by atoms with Gasteiger partial charge in [-0.25, -0.2) is 0 Å². The van der Waals surface area contributed by atoms with Crippen LogP contribution in [0.4, 0.5) is 15.8 Å². The lowest BCUT2D eigenvalue weighted by molar-refractivity contribution is -0.386. The van der Waals surface area contributed by atoms with Crippen LogP contribution < -0.4 is 4.90 Å². The Bertz CT molecular complexity index is 447. The molecule has 0 aromatic heterocycles. The van der Waals surface area contributed by atoms with Gasteiger partial charge in [0.05, 0.1) is 11.0 Å². The number of rotatable bonds is 4. The number of nitrogens with zero attached hydrogens (tertiary/aromatic N) is 2. The predicted molar refractivity (Wildman–Crippen MR) is 65.3 cm³/mol. The van der Waals surface area contributed by atoms with E-state index in [1.165, 1.54) is 6.07 Å². The number of anilines is 1. The van der Waals surface area contributed by atoms with Crippen LogP contribution in [-0.4, -0.2) is 31.2 Å². The molecule has 1 aromatic rings. The van der Waals surface area contributed by atoms with Gasteiger partial charge in [-0.05, 0) is 25.0 Å². The van der Waals surface area contributed by atoms with Crippen molar-refractivity contribution in [2.75, 3.05) is 25.1 Å². The number of likely N-dealkylation sites (N-methyl/N-ethyl adjacent to an activating group) is 1. The van der Waals surface area contributed by atoms with Crippen molar-refractivity contribution in [1.29, 1.82) is 0 Å². The third kappa shape index (κ3) is 2.59. The molecule has 0 aliphatic carbocycles. The molecule has 0 N–H and O–H groups in total. The Hall–Kier alpha value is -1.69. The fraction of sp³-hybridized carbons (Fsp3) is 0.500. The monoisotopic (exact) mass is 254 g/mol. The zero-order valence-electron chi connectivity index (χ0n) is 10.1. The third-order valence-corrected chi connectivity index (χ3v) is 3.06. The molecule has 18 heavy (non-hydrogen) atoms. The van der Waals surface area contributed by atoms with Crippen molar-refractivity contribution in [2.45, 2.75) is 18.9 Å². The van der Waals surface area contributed by atoms with Crippen LogP contribution in [0, 0.1) is 15.9 Å². The molecule has 0 radical (unpaired) electrons. The molecule has 1 saturated heterocycles. The minimum Gasteiger partial charge on any atom is -0.376 e. The van der Waals surface area contributed by atoms with E-state index in [1.807, 2.05) is 0 Å². The molecule has 98 valence electrons. The topological polar surface area (TPSA) is 55.6 Å². The van der Waals surface area contributed by atoms with E-state index in [0.29, 0.717) is 6.54 Å². The number of halogens is 1. The van der Waals surface area contributed by atoms with E-state index < -0.39 is 16.4 Å². The van der Waals surface area contributed by atoms with Gasteiger partial charge < -0.3 is 9.64 Å². The number of ether oxygens (including phenoxy) is 1. The van der Waals surface area contributed by atoms with E-state index in [0.717, 1.165) is 25.5 Å². The Kier molecular flexibility index (Phi) is 3.76. The van der Waals surface area contributed by atoms with E-state index in [1.54, 1.807) is 18.0 Å². The second-order valence-electron chi connectivity index (χ2n) is 4.38. The number of nitro groups is 1. The van der Waals surface area contributed by atoms with Crippen molar-refractivity contribution in [2.24, 2.45) is 0 Å². The second-order valence-corrected chi connectivity index (χ2v) is 4.38. The summed E-state index contributed by atoms with van der Waals surface area (Å²) in [5.74, 6) is -0.809. The van der Waals surface area contributed by atoms with Crippen molar-refractivity contribution in [3.63, 3.8) is 0 Å². The normalized spacial score (nSPS) is 18.9. The maximum absolute atomic E-state index is 13.5. The van der Waals surface area contributed by atoms with Crippen molar-refractivity contribution in [1.82, 2.24) is 0 Å². The fourth-order valence-corrected chi connectivity index (χ4v) is 2.18. The smallest absolute Gasteiger partial charge is 0.327 e. The van der Waals surface area contributed by atoms with Crippen LogP contribution >= 0.6 is 0 Å². The number of benzene rings is 1. The molecule has 1 aliphatic rings. The minimum absolute atomic E-state index is 0.0675. The summed E-state index contributed by atoms with van der Waals surface area (Å²) in [6.07, 6.45) is 2.01. The van der Waals surface area contributed by atoms with Crippen LogP contribution in [0.25, 0.3) is 0 Å². The van der Waals surface area contributed by atoms with Gasteiger partial charge in [0.15, 0.2) is 0 Å². The standard InChI is InChI=1S/C12H15FN2O3/c1-14(8-9-4-3-7-18-9)11-6-2-5-10(13)12(11)15(16)17/h2,5-6,9H,3-4,7-8H2,1H3. The zero-order chi connectivity index (χ0) is 13.1. The number of nitro benzene ring substituents is 1. The largest absolute Gasteiger partial charge is 0.376 e. The lowest BCUT2D eigenvalue weighted by atomic mass is 10.2. The first-order chi connectivity index (χ1) is 8.59. The summed E-state index contributed by atoms with van der Waals surface area (Å²) in [6, 6.07) is 4.13. The lowest BCUT2D eigenvalue weighted by Gasteiger charge is -2.22. The van der Waals surface area contributed by atoms with Gasteiger partial charge in [0, 0.05) is 20.2 Å². The van der Waals surface area contributed by atoms with Crippen molar-refractivity contribution < 1.29 is 14.1 Å². The summed E-state index contributed by atoms with van der Waals surface area (Å²) >= 11 is 0. The molecule has 2 rings (SSSR count). The molecule has 5 nitrogen and oxygen atoms in total. The highest BCUT2D eigenvalue weighted by atomic mass is 19.1. The summed E-state index contributed by atoms with van der Waals surface area (Å²) in [5, 5.41) is 10.9. The van der Waals surface area contributed by atoms with Crippen LogP contribution in [0.15, 0.2) is 18.2 Å². The molecule has 1 aliphatic heterocycles. The molecule has 0 saturated carbocycles. The number of hydrogen-bond acceptors (Lipinski definition) is 4. The Balaban J connectivity index is 2.20. The second kappa shape index (κ2) is 5.30. The molecular weight excluding hydrogens is 239 g/mol. The summed E-state index contributed by atoms with van der Waals surface area (Å²) < 4.78 is 18.9. The van der Waals surface area contributed by atoms with Crippen molar-refractivity contribution >= 4 is 11.4 Å². The molecular formula is C12H15FN2O3. The Labute approximate surface area is 104 Å². The van der Waals surface area contributed by atoms with Gasteiger partial charge in [-0.15, -0.1) is 0 Å². The van der Waals surface area contributed by atoms with E-state index in [-0.39, 0.29) is 11.8 Å². The van der Waals surface area contributed by atoms with Gasteiger partial charge in [0.2, 0.25) is 5.82 Å². The van der Waals surface area contributed by atoms with Gasteiger partial charge in [0.25, 0.3) is 0 Å². The van der Waals surface area contributed by atoms with Gasteiger partial charge in [-0.2, -0.15) is 4.39 Å². The first kappa shape index (κ1) is 12.8. The number of para-hydroxylation sites is 1. The lowest BCUT2D eigenvalue weighted by Crippen LogP contribution is -2.29. The quantitative estimate of drug-likeness (QED) is 0.611. The molecule has 1 aromatic carbocycles. The first-order valence-electron chi connectivity index (χ1n) is 5.85. The average molecular weight is 254 g/mol. The molecule has 1 heterocycles. The summed E-state index contributed by atoms with van der Waals surface area (Å²) in [6.45, 7) is 1.26. The number of hydrogen-bond donors (Lipinski definition) is 0. The van der Waals surface area contributed by atoms with Crippen LogP contribution in [0.2, 0.25) is 0 Å². The minimum atomic E-state index is -0.809. The molecule has 0 amide bonds. The van der Waals surface area contributed by atoms with Crippen molar-refractivity contribution in [3.05, 3.63) is 34.1 Å². The molecule has 0 spiro atoms. The summed E-state index contributed by atoms with van der Waals surface area (Å²) in [5.41, 5.74) is -0.187. The van der Waals surface area contributed by atoms with Gasteiger partial charge >= 0.3 is 5.69 Å². The maximum atomic E-state index is 13.5. The predicted octanol–water partition coefficient (Wildman–Crippen LogP) is 2.35. The zero-order valence-corrected chi connectivity index (χ0v) is 10.1. The van der Waals surface area contributed by atoms with Gasteiger partial charge in [-0.1, -0.05) is 6.07 Å². The Morgan fingerprint density at radius 3 is 3.00 bits per heavy atom. The molecule has 1 unspecified atom stereocenters. The van der Waals surface area contributed by atoms with Crippen LogP contribution in [0.3, 0.4) is 0 Å². The molecule has 1 atom stereocenters. The fourth-order valence-electron chi connectivity index (χ4n) is 2.18. The highest BCUT2D eigenvalue weighted by molar-refractivity contribution is 5.63. The van der Waals surface area contributed by atoms with Crippen molar-refractivity contribution in [3.8, 4) is 0 Å². The van der Waals surface area contributed by atoms with E-state index >= 15 is 0 Å². The van der Waals surface area contributed by atoms with Crippen LogP contribution in [-0.2, 0) is 4.74 Å². The highest BCUT2D eigenvalue weighted by Crippen LogP contribution is 2.30. The summed E-state index contributed by atoms with van der Waals surface area (Å²) in [4.78, 5) is 11.9. The highest BCUT2D eigenvalue weighted by Gasteiger charge is 2.25. The molecule has 1 fully saturated rings. The van der Waals surface area contributed by atoms with Crippen LogP contribution in [0.1, 0.15) is 12.8 Å². The Morgan fingerprint density at radius 1 is 1.61 bits per heavy atom. The first-order valence-corrected chi connectivity index (χ1v) is 5.85. The van der Waals surface area contributed by atoms with Crippen LogP contribution in [0.5, 0.6) is 0 Å². The van der Waals surface area contributed by atoms with Gasteiger partial charge in [0.1, 0.15) is 5.69 Å². The van der Waals surface area contributed by atoms with E-state index in [2.05, 4.69) is 0 Å². The van der Waals surface area contributed by atoms with Gasteiger partial charge in [-0.3, -0.25) is 10.1 Å². The third-order valence-electron chi connectivity index (χ3n) is 3.06. The average Bonchev–Trinajstić information content (AvgIpc) is 2.80. The Morgan fingerprint density at radius 2 is 2.39 bits per heavy atom.